The first kappa shape index (κ1) is 31.3. The number of carbonyl (C=O) groups is 2. The largest absolute Gasteiger partial charge is 0.465 e. The highest BCUT2D eigenvalue weighted by molar-refractivity contribution is 7.91. The number of nitro benzene ring substituents is 1. The molecule has 1 aromatic carbocycles. The van der Waals surface area contributed by atoms with Crippen LogP contribution < -0.4 is 5.32 Å². The number of amides is 1. The van der Waals surface area contributed by atoms with E-state index in [1.807, 2.05) is 36.4 Å². The molecule has 0 atom stereocenters. The minimum absolute atomic E-state index is 0.107. The highest BCUT2D eigenvalue weighted by atomic mass is 32.2. The first-order chi connectivity index (χ1) is 19.6. The van der Waals surface area contributed by atoms with E-state index in [0.717, 1.165) is 55.9 Å². The number of carbonyl (C=O) groups excluding carboxylic acids is 2. The fraction of sp³-hybridized carbons (Fsp3) is 0.357. The number of nitrogens with zero attached hydrogens (tertiary/aromatic N) is 4. The summed E-state index contributed by atoms with van der Waals surface area (Å²) in [4.78, 5) is 45.0. The maximum absolute atomic E-state index is 12.8. The van der Waals surface area contributed by atoms with Crippen LogP contribution in [0.3, 0.4) is 0 Å². The first-order valence-corrected chi connectivity index (χ1v) is 14.8. The third-order valence-corrected chi connectivity index (χ3v) is 7.77. The van der Waals surface area contributed by atoms with Gasteiger partial charge in [-0.3, -0.25) is 34.6 Å². The second kappa shape index (κ2) is 15.5. The molecule has 0 aliphatic carbocycles. The minimum Gasteiger partial charge on any atom is -0.465 e. The molecule has 1 amide bonds. The molecule has 0 bridgehead atoms. The van der Waals surface area contributed by atoms with E-state index < -0.39 is 32.4 Å². The lowest BCUT2D eigenvalue weighted by Gasteiger charge is -2.21. The van der Waals surface area contributed by atoms with Crippen LogP contribution in [0.2, 0.25) is 0 Å². The van der Waals surface area contributed by atoms with Crippen molar-refractivity contribution < 1.29 is 27.7 Å². The van der Waals surface area contributed by atoms with Gasteiger partial charge in [0.15, 0.2) is 9.84 Å². The number of rotatable bonds is 16. The lowest BCUT2D eigenvalue weighted by molar-refractivity contribution is -0.384. The summed E-state index contributed by atoms with van der Waals surface area (Å²) in [5.41, 5.74) is 1.35. The van der Waals surface area contributed by atoms with E-state index in [4.69, 9.17) is 4.74 Å². The average molecular weight is 584 g/mol. The minimum atomic E-state index is -4.00. The molecular formula is C28H33N5O7S. The van der Waals surface area contributed by atoms with Gasteiger partial charge in [-0.2, -0.15) is 0 Å². The Labute approximate surface area is 238 Å². The van der Waals surface area contributed by atoms with Gasteiger partial charge in [0.2, 0.25) is 5.91 Å². The average Bonchev–Trinajstić information content (AvgIpc) is 2.93. The SMILES string of the molecule is CC(=O)OCCS(=O)(=O)c1ccc([N+](=O)[O-])cc1NC(=O)CCCCCN(Cc1ccccn1)Cc1ccccn1. The number of non-ortho nitro benzene ring substituents is 1. The summed E-state index contributed by atoms with van der Waals surface area (Å²) in [6, 6.07) is 14.7. The summed E-state index contributed by atoms with van der Waals surface area (Å²) < 4.78 is 30.3. The number of nitrogens with one attached hydrogen (secondary N) is 1. The molecule has 0 saturated heterocycles. The summed E-state index contributed by atoms with van der Waals surface area (Å²) in [6.07, 6.45) is 5.69. The fourth-order valence-electron chi connectivity index (χ4n) is 4.07. The van der Waals surface area contributed by atoms with Crippen LogP contribution in [0, 0.1) is 10.1 Å². The van der Waals surface area contributed by atoms with Gasteiger partial charge in [0.25, 0.3) is 5.69 Å². The zero-order valence-electron chi connectivity index (χ0n) is 22.8. The number of hydrogen-bond donors (Lipinski definition) is 1. The molecule has 2 heterocycles. The number of anilines is 1. The molecule has 0 fully saturated rings. The number of unbranched alkanes of at least 4 members (excludes halogenated alkanes) is 2. The molecule has 218 valence electrons. The van der Waals surface area contributed by atoms with Gasteiger partial charge in [0.05, 0.1) is 32.6 Å². The third-order valence-electron chi connectivity index (χ3n) is 6.04. The second-order valence-electron chi connectivity index (χ2n) is 9.31. The van der Waals surface area contributed by atoms with E-state index in [1.165, 1.54) is 0 Å². The van der Waals surface area contributed by atoms with E-state index in [2.05, 4.69) is 20.2 Å². The van der Waals surface area contributed by atoms with Crippen LogP contribution in [0.25, 0.3) is 0 Å². The molecule has 13 heteroatoms. The molecule has 0 aliphatic rings. The normalized spacial score (nSPS) is 11.3. The van der Waals surface area contributed by atoms with Crippen molar-refractivity contribution >= 4 is 33.1 Å². The standard InChI is InChI=1S/C28H33N5O7S/c1-22(34)40-17-18-41(38,39)27-13-12-25(33(36)37)19-26(27)31-28(35)11-3-2-8-16-32(20-23-9-4-6-14-29-23)21-24-10-5-7-15-30-24/h4-7,9-10,12-15,19H,2-3,8,11,16-18,20-21H2,1H3,(H,31,35). The number of nitro groups is 1. The van der Waals surface area contributed by atoms with Gasteiger partial charge in [-0.15, -0.1) is 0 Å². The van der Waals surface area contributed by atoms with Crippen molar-refractivity contribution in [3.8, 4) is 0 Å². The molecule has 3 aromatic rings. The van der Waals surface area contributed by atoms with E-state index in [9.17, 15) is 28.1 Å². The van der Waals surface area contributed by atoms with E-state index in [1.54, 1.807) is 12.4 Å². The number of benzene rings is 1. The van der Waals surface area contributed by atoms with E-state index >= 15 is 0 Å². The van der Waals surface area contributed by atoms with Crippen molar-refractivity contribution in [3.05, 3.63) is 88.5 Å². The number of pyridine rings is 2. The Kier molecular flexibility index (Phi) is 11.9. The summed E-state index contributed by atoms with van der Waals surface area (Å²) in [5.74, 6) is -1.62. The van der Waals surface area contributed by atoms with Crippen molar-refractivity contribution in [2.45, 2.75) is 50.6 Å². The van der Waals surface area contributed by atoms with Gasteiger partial charge in [0.1, 0.15) is 6.61 Å². The zero-order valence-corrected chi connectivity index (χ0v) is 23.6. The van der Waals surface area contributed by atoms with Crippen molar-refractivity contribution in [3.63, 3.8) is 0 Å². The molecular weight excluding hydrogens is 550 g/mol. The smallest absolute Gasteiger partial charge is 0.302 e. The van der Waals surface area contributed by atoms with E-state index in [0.29, 0.717) is 19.5 Å². The topological polar surface area (TPSA) is 162 Å². The van der Waals surface area contributed by atoms with Gasteiger partial charge >= 0.3 is 5.97 Å². The van der Waals surface area contributed by atoms with Crippen LogP contribution in [0.15, 0.2) is 71.9 Å². The Morgan fingerprint density at radius 2 is 1.63 bits per heavy atom. The molecule has 3 rings (SSSR count). The highest BCUT2D eigenvalue weighted by Crippen LogP contribution is 2.28. The van der Waals surface area contributed by atoms with Crippen LogP contribution in [0.4, 0.5) is 11.4 Å². The Morgan fingerprint density at radius 1 is 0.976 bits per heavy atom. The fourth-order valence-corrected chi connectivity index (χ4v) is 5.31. The lowest BCUT2D eigenvalue weighted by atomic mass is 10.1. The quantitative estimate of drug-likeness (QED) is 0.113. The first-order valence-electron chi connectivity index (χ1n) is 13.1. The van der Waals surface area contributed by atoms with Gasteiger partial charge in [-0.25, -0.2) is 8.42 Å². The third kappa shape index (κ3) is 10.7. The van der Waals surface area contributed by atoms with Crippen molar-refractivity contribution in [1.29, 1.82) is 0 Å². The number of aromatic nitrogens is 2. The molecule has 41 heavy (non-hydrogen) atoms. The predicted octanol–water partition coefficient (Wildman–Crippen LogP) is 3.92. The molecule has 1 N–H and O–H groups in total. The van der Waals surface area contributed by atoms with Gasteiger partial charge < -0.3 is 10.1 Å². The summed E-state index contributed by atoms with van der Waals surface area (Å²) in [6.45, 7) is 2.84. The number of esters is 1. The predicted molar refractivity (Wildman–Crippen MR) is 151 cm³/mol. The summed E-state index contributed by atoms with van der Waals surface area (Å²) in [7, 11) is -4.00. The molecule has 0 aliphatic heterocycles. The van der Waals surface area contributed by atoms with Crippen LogP contribution in [0.1, 0.15) is 44.0 Å². The van der Waals surface area contributed by atoms with Gasteiger partial charge in [-0.05, 0) is 49.7 Å². The highest BCUT2D eigenvalue weighted by Gasteiger charge is 2.23. The van der Waals surface area contributed by atoms with E-state index in [-0.39, 0.29) is 29.3 Å². The van der Waals surface area contributed by atoms with Crippen molar-refractivity contribution in [1.82, 2.24) is 14.9 Å². The van der Waals surface area contributed by atoms with Crippen molar-refractivity contribution in [2.75, 3.05) is 24.2 Å². The maximum Gasteiger partial charge on any atom is 0.302 e. The molecule has 0 spiro atoms. The lowest BCUT2D eigenvalue weighted by Crippen LogP contribution is -2.25. The zero-order chi connectivity index (χ0) is 29.7. The molecule has 0 radical (unpaired) electrons. The molecule has 0 unspecified atom stereocenters. The maximum atomic E-state index is 12.8. The Hall–Kier alpha value is -4.23. The van der Waals surface area contributed by atoms with Crippen LogP contribution >= 0.6 is 0 Å². The van der Waals surface area contributed by atoms with Crippen molar-refractivity contribution in [2.24, 2.45) is 0 Å². The summed E-state index contributed by atoms with van der Waals surface area (Å²) in [5, 5.41) is 13.8. The van der Waals surface area contributed by atoms with Crippen LogP contribution in [0.5, 0.6) is 0 Å². The number of ether oxygens (including phenoxy) is 1. The van der Waals surface area contributed by atoms with Crippen LogP contribution in [-0.4, -0.2) is 59.0 Å². The molecule has 0 saturated carbocycles. The Morgan fingerprint density at radius 3 is 2.20 bits per heavy atom. The Balaban J connectivity index is 1.56. The van der Waals surface area contributed by atoms with Crippen LogP contribution in [-0.2, 0) is 37.3 Å². The number of hydrogen-bond acceptors (Lipinski definition) is 10. The van der Waals surface area contributed by atoms with Gasteiger partial charge in [-0.1, -0.05) is 18.6 Å². The second-order valence-corrected chi connectivity index (χ2v) is 11.4. The molecule has 12 nitrogen and oxygen atoms in total. The summed E-state index contributed by atoms with van der Waals surface area (Å²) >= 11 is 0. The Bertz CT molecular complexity index is 1380. The van der Waals surface area contributed by atoms with Gasteiger partial charge in [0, 0.05) is 51.0 Å². The number of sulfone groups is 1. The monoisotopic (exact) mass is 583 g/mol. The molecule has 2 aromatic heterocycles.